The first kappa shape index (κ1) is 18.6. The zero-order valence-corrected chi connectivity index (χ0v) is 15.5. The second-order valence-electron chi connectivity index (χ2n) is 5.16. The topological polar surface area (TPSA) is 52.1 Å². The van der Waals surface area contributed by atoms with Gasteiger partial charge in [-0.1, -0.05) is 53.0 Å². The van der Waals surface area contributed by atoms with E-state index in [9.17, 15) is 9.18 Å². The van der Waals surface area contributed by atoms with Gasteiger partial charge in [0.05, 0.1) is 22.8 Å². The minimum absolute atomic E-state index is 0.124. The predicted molar refractivity (Wildman–Crippen MR) is 99.8 cm³/mol. The SMILES string of the molecule is COc1nc(-c2cccc(-c3ccnc(Cl)c3Cl)c2Cl)cc(F)c1C=O. The third-order valence-electron chi connectivity index (χ3n) is 3.70. The van der Waals surface area contributed by atoms with Gasteiger partial charge in [-0.15, -0.1) is 0 Å². The molecule has 2 heterocycles. The average molecular weight is 412 g/mol. The molecule has 2 aromatic heterocycles. The Morgan fingerprint density at radius 3 is 2.46 bits per heavy atom. The van der Waals surface area contributed by atoms with Crippen LogP contribution in [0.2, 0.25) is 15.2 Å². The normalized spacial score (nSPS) is 10.7. The molecule has 132 valence electrons. The number of carbonyl (C=O) groups excluding carboxylic acids is 1. The van der Waals surface area contributed by atoms with E-state index in [0.717, 1.165) is 6.07 Å². The summed E-state index contributed by atoms with van der Waals surface area (Å²) in [7, 11) is 1.30. The second-order valence-corrected chi connectivity index (χ2v) is 6.27. The molecular weight excluding hydrogens is 402 g/mol. The quantitative estimate of drug-likeness (QED) is 0.406. The van der Waals surface area contributed by atoms with Crippen LogP contribution in [-0.2, 0) is 0 Å². The van der Waals surface area contributed by atoms with Crippen molar-refractivity contribution in [1.82, 2.24) is 9.97 Å². The van der Waals surface area contributed by atoms with Crippen molar-refractivity contribution < 1.29 is 13.9 Å². The minimum Gasteiger partial charge on any atom is -0.480 e. The third kappa shape index (κ3) is 3.26. The lowest BCUT2D eigenvalue weighted by atomic mass is 10.0. The minimum atomic E-state index is -0.756. The Bertz CT molecular complexity index is 1010. The fourth-order valence-corrected chi connectivity index (χ4v) is 3.16. The lowest BCUT2D eigenvalue weighted by molar-refractivity contribution is 0.111. The molecule has 0 aliphatic rings. The highest BCUT2D eigenvalue weighted by molar-refractivity contribution is 6.43. The standard InChI is InChI=1S/C18H10Cl3FN2O2/c1-26-18-12(8-25)13(22)7-14(24-18)11-4-2-3-9(15(11)19)10-5-6-23-17(21)16(10)20/h2-8H,1H3. The van der Waals surface area contributed by atoms with E-state index in [1.807, 2.05) is 0 Å². The van der Waals surface area contributed by atoms with Crippen LogP contribution in [0.15, 0.2) is 36.5 Å². The van der Waals surface area contributed by atoms with Crippen LogP contribution in [0.4, 0.5) is 4.39 Å². The highest BCUT2D eigenvalue weighted by Crippen LogP contribution is 2.40. The van der Waals surface area contributed by atoms with Crippen molar-refractivity contribution in [3.63, 3.8) is 0 Å². The molecule has 0 amide bonds. The number of methoxy groups -OCH3 is 1. The Balaban J connectivity index is 2.21. The van der Waals surface area contributed by atoms with Crippen LogP contribution in [0.3, 0.4) is 0 Å². The van der Waals surface area contributed by atoms with E-state index in [2.05, 4.69) is 9.97 Å². The van der Waals surface area contributed by atoms with Gasteiger partial charge in [0.15, 0.2) is 6.29 Å². The number of aromatic nitrogens is 2. The van der Waals surface area contributed by atoms with Gasteiger partial charge in [0.25, 0.3) is 0 Å². The van der Waals surface area contributed by atoms with Crippen LogP contribution < -0.4 is 4.74 Å². The van der Waals surface area contributed by atoms with E-state index in [4.69, 9.17) is 39.5 Å². The molecule has 8 heteroatoms. The Morgan fingerprint density at radius 2 is 1.77 bits per heavy atom. The number of nitrogens with zero attached hydrogens (tertiary/aromatic N) is 2. The molecule has 26 heavy (non-hydrogen) atoms. The number of rotatable bonds is 4. The first-order valence-electron chi connectivity index (χ1n) is 7.27. The molecule has 0 atom stereocenters. The van der Waals surface area contributed by atoms with Gasteiger partial charge in [0.1, 0.15) is 16.5 Å². The molecule has 3 rings (SSSR count). The summed E-state index contributed by atoms with van der Waals surface area (Å²) in [6.45, 7) is 0. The molecule has 0 saturated heterocycles. The van der Waals surface area contributed by atoms with Crippen molar-refractivity contribution >= 4 is 41.1 Å². The number of pyridine rings is 2. The summed E-state index contributed by atoms with van der Waals surface area (Å²) in [5.41, 5.74) is 1.57. The highest BCUT2D eigenvalue weighted by atomic mass is 35.5. The number of carbonyl (C=O) groups is 1. The van der Waals surface area contributed by atoms with Gasteiger partial charge in [-0.05, 0) is 6.07 Å². The maximum atomic E-state index is 14.2. The maximum Gasteiger partial charge on any atom is 0.227 e. The lowest BCUT2D eigenvalue weighted by Crippen LogP contribution is -2.00. The number of ether oxygens (including phenoxy) is 1. The summed E-state index contributed by atoms with van der Waals surface area (Å²) in [5, 5.41) is 0.692. The van der Waals surface area contributed by atoms with Gasteiger partial charge >= 0.3 is 0 Å². The molecule has 0 unspecified atom stereocenters. The van der Waals surface area contributed by atoms with Crippen molar-refractivity contribution in [3.8, 4) is 28.3 Å². The molecular formula is C18H10Cl3FN2O2. The van der Waals surface area contributed by atoms with Gasteiger partial charge in [-0.3, -0.25) is 4.79 Å². The van der Waals surface area contributed by atoms with Crippen molar-refractivity contribution in [1.29, 1.82) is 0 Å². The molecule has 0 fully saturated rings. The first-order chi connectivity index (χ1) is 12.5. The monoisotopic (exact) mass is 410 g/mol. The lowest BCUT2D eigenvalue weighted by Gasteiger charge is -2.13. The van der Waals surface area contributed by atoms with Gasteiger partial charge in [-0.25, -0.2) is 14.4 Å². The number of halogens is 4. The van der Waals surface area contributed by atoms with Gasteiger partial charge in [-0.2, -0.15) is 0 Å². The second kappa shape index (κ2) is 7.58. The molecule has 4 nitrogen and oxygen atoms in total. The summed E-state index contributed by atoms with van der Waals surface area (Å²) < 4.78 is 19.2. The Kier molecular flexibility index (Phi) is 5.41. The van der Waals surface area contributed by atoms with E-state index < -0.39 is 5.82 Å². The van der Waals surface area contributed by atoms with Gasteiger partial charge < -0.3 is 4.74 Å². The zero-order chi connectivity index (χ0) is 18.8. The molecule has 3 aromatic rings. The van der Waals surface area contributed by atoms with Crippen molar-refractivity contribution in [2.24, 2.45) is 0 Å². The summed E-state index contributed by atoms with van der Waals surface area (Å²) in [5.74, 6) is -0.880. The van der Waals surface area contributed by atoms with Crippen LogP contribution in [0, 0.1) is 5.82 Å². The summed E-state index contributed by atoms with van der Waals surface area (Å²) in [6, 6.07) is 7.93. The summed E-state index contributed by atoms with van der Waals surface area (Å²) in [6.07, 6.45) is 1.86. The first-order valence-corrected chi connectivity index (χ1v) is 8.40. The van der Waals surface area contributed by atoms with E-state index >= 15 is 0 Å². The van der Waals surface area contributed by atoms with Crippen LogP contribution in [0.25, 0.3) is 22.4 Å². The molecule has 0 aliphatic carbocycles. The molecule has 0 radical (unpaired) electrons. The maximum absolute atomic E-state index is 14.2. The molecule has 0 N–H and O–H groups in total. The van der Waals surface area contributed by atoms with Crippen LogP contribution in [0.5, 0.6) is 5.88 Å². The predicted octanol–water partition coefficient (Wildman–Crippen LogP) is 5.73. The van der Waals surface area contributed by atoms with Crippen LogP contribution >= 0.6 is 34.8 Å². The number of aldehydes is 1. The largest absolute Gasteiger partial charge is 0.480 e. The summed E-state index contributed by atoms with van der Waals surface area (Å²) in [4.78, 5) is 19.1. The van der Waals surface area contributed by atoms with Gasteiger partial charge in [0, 0.05) is 29.0 Å². The smallest absolute Gasteiger partial charge is 0.227 e. The van der Waals surface area contributed by atoms with E-state index in [1.54, 1.807) is 24.3 Å². The average Bonchev–Trinajstić information content (AvgIpc) is 2.63. The number of hydrogen-bond donors (Lipinski definition) is 0. The van der Waals surface area contributed by atoms with E-state index in [-0.39, 0.29) is 27.3 Å². The Morgan fingerprint density at radius 1 is 1.08 bits per heavy atom. The third-order valence-corrected chi connectivity index (χ3v) is 4.87. The molecule has 0 aliphatic heterocycles. The van der Waals surface area contributed by atoms with E-state index in [1.165, 1.54) is 13.3 Å². The fourth-order valence-electron chi connectivity index (χ4n) is 2.47. The molecule has 0 saturated carbocycles. The number of hydrogen-bond acceptors (Lipinski definition) is 4. The number of benzene rings is 1. The van der Waals surface area contributed by atoms with Crippen molar-refractivity contribution in [2.75, 3.05) is 7.11 Å². The molecule has 1 aromatic carbocycles. The fraction of sp³-hybridized carbons (Fsp3) is 0.0556. The highest BCUT2D eigenvalue weighted by Gasteiger charge is 2.18. The molecule has 0 spiro atoms. The van der Waals surface area contributed by atoms with Crippen LogP contribution in [0.1, 0.15) is 10.4 Å². The summed E-state index contributed by atoms with van der Waals surface area (Å²) >= 11 is 18.7. The van der Waals surface area contributed by atoms with Crippen molar-refractivity contribution in [2.45, 2.75) is 0 Å². The Hall–Kier alpha value is -2.21. The Labute approximate surface area is 163 Å². The zero-order valence-electron chi connectivity index (χ0n) is 13.3. The van der Waals surface area contributed by atoms with Gasteiger partial charge in [0.2, 0.25) is 5.88 Å². The van der Waals surface area contributed by atoms with Crippen molar-refractivity contribution in [3.05, 3.63) is 63.1 Å². The van der Waals surface area contributed by atoms with Crippen LogP contribution in [-0.4, -0.2) is 23.4 Å². The van der Waals surface area contributed by atoms with E-state index in [0.29, 0.717) is 28.0 Å². The molecule has 0 bridgehead atoms.